The second kappa shape index (κ2) is 5.89. The van der Waals surface area contributed by atoms with Gasteiger partial charge in [-0.05, 0) is 44.0 Å². The summed E-state index contributed by atoms with van der Waals surface area (Å²) in [5.74, 6) is -0.283. The Morgan fingerprint density at radius 1 is 1.14 bits per heavy atom. The minimum absolute atomic E-state index is 0.213. The van der Waals surface area contributed by atoms with E-state index in [2.05, 4.69) is 4.98 Å². The van der Waals surface area contributed by atoms with Crippen LogP contribution in [0.2, 0.25) is 0 Å². The summed E-state index contributed by atoms with van der Waals surface area (Å²) in [5, 5.41) is 0.817. The van der Waals surface area contributed by atoms with Gasteiger partial charge in [0.05, 0.1) is 15.8 Å². The number of esters is 1. The molecule has 0 amide bonds. The summed E-state index contributed by atoms with van der Waals surface area (Å²) < 4.78 is 6.56. The van der Waals surface area contributed by atoms with Crippen molar-refractivity contribution < 1.29 is 9.53 Å². The molecule has 2 aromatic carbocycles. The second-order valence-corrected chi connectivity index (χ2v) is 6.54. The smallest absolute Gasteiger partial charge is 0.339 e. The lowest BCUT2D eigenvalue weighted by Crippen LogP contribution is -2.09. The number of hydrogen-bond donors (Lipinski definition) is 0. The third-order valence-corrected chi connectivity index (χ3v) is 4.56. The van der Waals surface area contributed by atoms with E-state index in [0.717, 1.165) is 31.9 Å². The molecule has 0 N–H and O–H groups in total. The largest absolute Gasteiger partial charge is 0.455 e. The van der Waals surface area contributed by atoms with Crippen molar-refractivity contribution in [1.82, 2.24) is 4.98 Å². The van der Waals surface area contributed by atoms with E-state index in [-0.39, 0.29) is 12.6 Å². The highest BCUT2D eigenvalue weighted by atomic mass is 32.1. The SMILES string of the molecule is Cc1cc(C)c(C(=O)OCc2nc3ccccc3s2)c(C)c1. The van der Waals surface area contributed by atoms with Crippen LogP contribution in [-0.4, -0.2) is 11.0 Å². The fourth-order valence-electron chi connectivity index (χ4n) is 2.68. The molecule has 0 saturated carbocycles. The summed E-state index contributed by atoms with van der Waals surface area (Å²) in [4.78, 5) is 16.8. The summed E-state index contributed by atoms with van der Waals surface area (Å²) in [5.41, 5.74) is 4.66. The van der Waals surface area contributed by atoms with E-state index in [1.807, 2.05) is 57.2 Å². The molecule has 1 aromatic heterocycles. The summed E-state index contributed by atoms with van der Waals surface area (Å²) in [6, 6.07) is 11.9. The molecule has 0 aliphatic rings. The van der Waals surface area contributed by atoms with Crippen molar-refractivity contribution in [3.05, 3.63) is 63.7 Å². The number of aromatic nitrogens is 1. The van der Waals surface area contributed by atoms with Crippen LogP contribution >= 0.6 is 11.3 Å². The van der Waals surface area contributed by atoms with Crippen molar-refractivity contribution in [3.8, 4) is 0 Å². The second-order valence-electron chi connectivity index (χ2n) is 5.43. The van der Waals surface area contributed by atoms with Gasteiger partial charge in [-0.15, -0.1) is 11.3 Å². The molecular weight excluding hydrogens is 294 g/mol. The van der Waals surface area contributed by atoms with Crippen molar-refractivity contribution in [2.75, 3.05) is 0 Å². The first-order valence-corrected chi connectivity index (χ1v) is 7.95. The number of rotatable bonds is 3. The zero-order chi connectivity index (χ0) is 15.7. The van der Waals surface area contributed by atoms with Gasteiger partial charge in [-0.1, -0.05) is 29.8 Å². The Balaban J connectivity index is 1.77. The fraction of sp³-hybridized carbons (Fsp3) is 0.222. The summed E-state index contributed by atoms with van der Waals surface area (Å²) in [6.07, 6.45) is 0. The summed E-state index contributed by atoms with van der Waals surface area (Å²) in [6.45, 7) is 6.11. The number of hydrogen-bond acceptors (Lipinski definition) is 4. The van der Waals surface area contributed by atoms with E-state index in [4.69, 9.17) is 4.74 Å². The zero-order valence-electron chi connectivity index (χ0n) is 12.8. The Bertz CT molecular complexity index is 795. The first kappa shape index (κ1) is 14.7. The van der Waals surface area contributed by atoms with Gasteiger partial charge < -0.3 is 4.74 Å². The third kappa shape index (κ3) is 2.88. The number of fused-ring (bicyclic) bond motifs is 1. The highest BCUT2D eigenvalue weighted by Gasteiger charge is 2.15. The lowest BCUT2D eigenvalue weighted by Gasteiger charge is -2.10. The van der Waals surface area contributed by atoms with Crippen LogP contribution in [0, 0.1) is 20.8 Å². The first-order valence-electron chi connectivity index (χ1n) is 7.14. The van der Waals surface area contributed by atoms with Crippen molar-refractivity contribution >= 4 is 27.5 Å². The molecule has 3 rings (SSSR count). The third-order valence-electron chi connectivity index (χ3n) is 3.55. The van der Waals surface area contributed by atoms with Gasteiger partial charge >= 0.3 is 5.97 Å². The predicted molar refractivity (Wildman–Crippen MR) is 89.4 cm³/mol. The normalized spacial score (nSPS) is 10.9. The molecule has 0 aliphatic heterocycles. The van der Waals surface area contributed by atoms with Gasteiger partial charge in [0.2, 0.25) is 0 Å². The number of carbonyl (C=O) groups is 1. The average Bonchev–Trinajstić information content (AvgIpc) is 2.86. The van der Waals surface area contributed by atoms with Gasteiger partial charge in [0, 0.05) is 0 Å². The van der Waals surface area contributed by atoms with Crippen LogP contribution in [0.15, 0.2) is 36.4 Å². The van der Waals surface area contributed by atoms with E-state index in [1.165, 1.54) is 0 Å². The maximum absolute atomic E-state index is 12.3. The molecule has 0 bridgehead atoms. The van der Waals surface area contributed by atoms with Gasteiger partial charge in [0.25, 0.3) is 0 Å². The molecule has 22 heavy (non-hydrogen) atoms. The molecule has 0 atom stereocenters. The van der Waals surface area contributed by atoms with Crippen LogP contribution in [0.4, 0.5) is 0 Å². The van der Waals surface area contributed by atoms with E-state index >= 15 is 0 Å². The van der Waals surface area contributed by atoms with E-state index in [9.17, 15) is 4.79 Å². The van der Waals surface area contributed by atoms with Gasteiger partial charge in [-0.2, -0.15) is 0 Å². The molecule has 0 saturated heterocycles. The summed E-state index contributed by atoms with van der Waals surface area (Å²) >= 11 is 1.56. The number of aryl methyl sites for hydroxylation is 3. The molecule has 0 unspecified atom stereocenters. The van der Waals surface area contributed by atoms with Crippen molar-refractivity contribution in [1.29, 1.82) is 0 Å². The zero-order valence-corrected chi connectivity index (χ0v) is 13.7. The van der Waals surface area contributed by atoms with E-state index < -0.39 is 0 Å². The quantitative estimate of drug-likeness (QED) is 0.665. The highest BCUT2D eigenvalue weighted by Crippen LogP contribution is 2.23. The lowest BCUT2D eigenvalue weighted by molar-refractivity contribution is 0.0471. The summed E-state index contributed by atoms with van der Waals surface area (Å²) in [7, 11) is 0. The van der Waals surface area contributed by atoms with Crippen LogP contribution in [-0.2, 0) is 11.3 Å². The van der Waals surface area contributed by atoms with Crippen LogP contribution in [0.5, 0.6) is 0 Å². The van der Waals surface area contributed by atoms with Crippen molar-refractivity contribution in [2.24, 2.45) is 0 Å². The molecule has 0 fully saturated rings. The lowest BCUT2D eigenvalue weighted by atomic mass is 10.00. The van der Waals surface area contributed by atoms with Gasteiger partial charge in [-0.3, -0.25) is 0 Å². The first-order chi connectivity index (χ1) is 10.5. The number of nitrogens with zero attached hydrogens (tertiary/aromatic N) is 1. The topological polar surface area (TPSA) is 39.2 Å². The minimum Gasteiger partial charge on any atom is -0.455 e. The Kier molecular flexibility index (Phi) is 3.94. The van der Waals surface area contributed by atoms with Crippen LogP contribution < -0.4 is 0 Å². The Labute approximate surface area is 133 Å². The van der Waals surface area contributed by atoms with Gasteiger partial charge in [0.1, 0.15) is 11.6 Å². The minimum atomic E-state index is -0.283. The van der Waals surface area contributed by atoms with Crippen molar-refractivity contribution in [3.63, 3.8) is 0 Å². The average molecular weight is 311 g/mol. The fourth-order valence-corrected chi connectivity index (χ4v) is 3.56. The van der Waals surface area contributed by atoms with Gasteiger partial charge in [-0.25, -0.2) is 9.78 Å². The van der Waals surface area contributed by atoms with E-state index in [0.29, 0.717) is 5.56 Å². The molecular formula is C18H17NO2S. The highest BCUT2D eigenvalue weighted by molar-refractivity contribution is 7.18. The Morgan fingerprint density at radius 3 is 2.50 bits per heavy atom. The molecule has 1 heterocycles. The Morgan fingerprint density at radius 2 is 1.82 bits per heavy atom. The maximum atomic E-state index is 12.3. The molecule has 3 aromatic rings. The molecule has 4 heteroatoms. The van der Waals surface area contributed by atoms with Crippen LogP contribution in [0.25, 0.3) is 10.2 Å². The van der Waals surface area contributed by atoms with Crippen molar-refractivity contribution in [2.45, 2.75) is 27.4 Å². The Hall–Kier alpha value is -2.20. The molecule has 3 nitrogen and oxygen atoms in total. The number of ether oxygens (including phenoxy) is 1. The number of carbonyl (C=O) groups excluding carboxylic acids is 1. The van der Waals surface area contributed by atoms with E-state index in [1.54, 1.807) is 11.3 Å². The number of thiazole rings is 1. The molecule has 0 spiro atoms. The maximum Gasteiger partial charge on any atom is 0.339 e. The number of para-hydroxylation sites is 1. The molecule has 0 radical (unpaired) electrons. The number of benzene rings is 2. The van der Waals surface area contributed by atoms with Crippen LogP contribution in [0.1, 0.15) is 32.1 Å². The molecule has 112 valence electrons. The monoisotopic (exact) mass is 311 g/mol. The van der Waals surface area contributed by atoms with Crippen LogP contribution in [0.3, 0.4) is 0 Å². The molecule has 0 aliphatic carbocycles. The standard InChI is InChI=1S/C18H17NO2S/c1-11-8-12(2)17(13(3)9-11)18(20)21-10-16-19-14-6-4-5-7-15(14)22-16/h4-9H,10H2,1-3H3. The van der Waals surface area contributed by atoms with Gasteiger partial charge in [0.15, 0.2) is 0 Å². The predicted octanol–water partition coefficient (Wildman–Crippen LogP) is 4.58.